The zero-order valence-corrected chi connectivity index (χ0v) is 12.7. The van der Waals surface area contributed by atoms with Gasteiger partial charge in [-0.15, -0.1) is 11.3 Å². The molecule has 0 amide bonds. The van der Waals surface area contributed by atoms with Crippen molar-refractivity contribution in [2.24, 2.45) is 0 Å². The van der Waals surface area contributed by atoms with Gasteiger partial charge in [-0.3, -0.25) is 0 Å². The lowest BCUT2D eigenvalue weighted by Crippen LogP contribution is -2.18. The zero-order chi connectivity index (χ0) is 12.1. The van der Waals surface area contributed by atoms with Gasteiger partial charge in [0, 0.05) is 0 Å². The molecule has 17 heavy (non-hydrogen) atoms. The first-order chi connectivity index (χ1) is 8.31. The van der Waals surface area contributed by atoms with Crippen LogP contribution in [0.5, 0.6) is 0 Å². The molecule has 0 bridgehead atoms. The first-order valence-electron chi connectivity index (χ1n) is 6.41. The van der Waals surface area contributed by atoms with Crippen LogP contribution in [0.2, 0.25) is 0 Å². The first kappa shape index (κ1) is 13.3. The summed E-state index contributed by atoms with van der Waals surface area (Å²) >= 11 is 5.32. The van der Waals surface area contributed by atoms with Crippen LogP contribution < -0.4 is 5.32 Å². The Morgan fingerprint density at radius 2 is 2.12 bits per heavy atom. The Hall–Kier alpha value is -0.120. The highest BCUT2D eigenvalue weighted by atomic mass is 79.9. The summed E-state index contributed by atoms with van der Waals surface area (Å²) in [6.07, 6.45) is 10.4. The summed E-state index contributed by atoms with van der Waals surface area (Å²) in [6, 6.07) is 2.65. The maximum atomic E-state index is 3.55. The molecule has 1 aliphatic carbocycles. The van der Waals surface area contributed by atoms with Gasteiger partial charge in [0.2, 0.25) is 0 Å². The van der Waals surface area contributed by atoms with Gasteiger partial charge in [-0.1, -0.05) is 24.5 Å². The molecule has 1 heterocycles. The standard InChI is InChI=1S/C14H20BrNS/c1-16-14(12-9-13(15)17-10-12)11-7-5-3-2-4-6-8-11/h7,9-10,14,16H,2-6,8H2,1H3. The SMILES string of the molecule is CNC(C1=CCCCCCC1)c1csc(Br)c1. The maximum Gasteiger partial charge on any atom is 0.0701 e. The molecule has 0 fully saturated rings. The Morgan fingerprint density at radius 3 is 2.82 bits per heavy atom. The van der Waals surface area contributed by atoms with E-state index >= 15 is 0 Å². The minimum absolute atomic E-state index is 0.413. The number of thiophene rings is 1. The molecule has 1 nitrogen and oxygen atoms in total. The number of allylic oxidation sites excluding steroid dienone is 1. The molecule has 1 aliphatic rings. The zero-order valence-electron chi connectivity index (χ0n) is 10.3. The molecular formula is C14H20BrNS. The van der Waals surface area contributed by atoms with E-state index in [1.165, 1.54) is 47.9 Å². The normalized spacial score (nSPS) is 19.3. The van der Waals surface area contributed by atoms with E-state index in [-0.39, 0.29) is 0 Å². The summed E-state index contributed by atoms with van der Waals surface area (Å²) in [5, 5.41) is 5.72. The molecule has 1 atom stereocenters. The van der Waals surface area contributed by atoms with Crippen LogP contribution in [-0.2, 0) is 0 Å². The fourth-order valence-corrected chi connectivity index (χ4v) is 3.72. The highest BCUT2D eigenvalue weighted by Crippen LogP contribution is 2.32. The summed E-state index contributed by atoms with van der Waals surface area (Å²) < 4.78 is 1.22. The Labute approximate surface area is 116 Å². The smallest absolute Gasteiger partial charge is 0.0701 e. The highest BCUT2D eigenvalue weighted by molar-refractivity contribution is 9.11. The minimum atomic E-state index is 0.413. The Morgan fingerprint density at radius 1 is 1.29 bits per heavy atom. The van der Waals surface area contributed by atoms with Crippen LogP contribution in [0, 0.1) is 0 Å². The molecule has 1 aromatic rings. The minimum Gasteiger partial charge on any atom is -0.310 e. The van der Waals surface area contributed by atoms with Crippen LogP contribution in [0.15, 0.2) is 26.9 Å². The summed E-state index contributed by atoms with van der Waals surface area (Å²) in [6.45, 7) is 0. The van der Waals surface area contributed by atoms with E-state index in [9.17, 15) is 0 Å². The molecule has 0 radical (unpaired) electrons. The third-order valence-corrected chi connectivity index (χ3v) is 4.93. The number of nitrogens with one attached hydrogen (secondary N) is 1. The molecule has 0 aromatic carbocycles. The van der Waals surface area contributed by atoms with Crippen molar-refractivity contribution >= 4 is 27.3 Å². The van der Waals surface area contributed by atoms with Crippen LogP contribution in [0.1, 0.15) is 50.1 Å². The second-order valence-electron chi connectivity index (χ2n) is 4.64. The van der Waals surface area contributed by atoms with Gasteiger partial charge in [-0.05, 0) is 65.7 Å². The first-order valence-corrected chi connectivity index (χ1v) is 8.08. The molecule has 1 unspecified atom stereocenters. The topological polar surface area (TPSA) is 12.0 Å². The monoisotopic (exact) mass is 313 g/mol. The van der Waals surface area contributed by atoms with Crippen molar-refractivity contribution in [3.8, 4) is 0 Å². The number of hydrogen-bond acceptors (Lipinski definition) is 2. The Balaban J connectivity index is 2.16. The molecule has 0 aliphatic heterocycles. The quantitative estimate of drug-likeness (QED) is 0.770. The van der Waals surface area contributed by atoms with Crippen molar-refractivity contribution in [2.45, 2.75) is 44.6 Å². The predicted molar refractivity (Wildman–Crippen MR) is 79.6 cm³/mol. The van der Waals surface area contributed by atoms with Gasteiger partial charge in [0.1, 0.15) is 0 Å². The van der Waals surface area contributed by atoms with Crippen LogP contribution in [-0.4, -0.2) is 7.05 Å². The van der Waals surface area contributed by atoms with Crippen molar-refractivity contribution in [1.29, 1.82) is 0 Å². The fraction of sp³-hybridized carbons (Fsp3) is 0.571. The van der Waals surface area contributed by atoms with E-state index in [4.69, 9.17) is 0 Å². The van der Waals surface area contributed by atoms with E-state index in [1.807, 2.05) is 0 Å². The average molecular weight is 314 g/mol. The molecule has 0 saturated heterocycles. The van der Waals surface area contributed by atoms with Crippen molar-refractivity contribution < 1.29 is 0 Å². The van der Waals surface area contributed by atoms with Gasteiger partial charge in [0.15, 0.2) is 0 Å². The lowest BCUT2D eigenvalue weighted by Gasteiger charge is -2.21. The van der Waals surface area contributed by atoms with Gasteiger partial charge in [-0.25, -0.2) is 0 Å². The van der Waals surface area contributed by atoms with Gasteiger partial charge >= 0.3 is 0 Å². The lowest BCUT2D eigenvalue weighted by molar-refractivity contribution is 0.574. The van der Waals surface area contributed by atoms with Gasteiger partial charge in [0.05, 0.1) is 9.83 Å². The second-order valence-corrected chi connectivity index (χ2v) is 6.93. The van der Waals surface area contributed by atoms with Crippen molar-refractivity contribution in [2.75, 3.05) is 7.05 Å². The van der Waals surface area contributed by atoms with Gasteiger partial charge in [-0.2, -0.15) is 0 Å². The molecular weight excluding hydrogens is 294 g/mol. The Bertz CT molecular complexity index is 383. The Kier molecular flexibility index (Phi) is 5.26. The maximum absolute atomic E-state index is 3.55. The van der Waals surface area contributed by atoms with Crippen molar-refractivity contribution in [1.82, 2.24) is 5.32 Å². The van der Waals surface area contributed by atoms with E-state index in [0.717, 1.165) is 0 Å². The molecule has 0 spiro atoms. The van der Waals surface area contributed by atoms with E-state index < -0.39 is 0 Å². The van der Waals surface area contributed by atoms with E-state index in [0.29, 0.717) is 6.04 Å². The molecule has 2 rings (SSSR count). The number of halogens is 1. The fourth-order valence-electron chi connectivity index (χ4n) is 2.52. The van der Waals surface area contributed by atoms with Crippen LogP contribution in [0.25, 0.3) is 0 Å². The third kappa shape index (κ3) is 3.67. The summed E-state index contributed by atoms with van der Waals surface area (Å²) in [4.78, 5) is 0. The van der Waals surface area contributed by atoms with Crippen molar-refractivity contribution in [3.05, 3.63) is 32.4 Å². The van der Waals surface area contributed by atoms with Crippen molar-refractivity contribution in [3.63, 3.8) is 0 Å². The van der Waals surface area contributed by atoms with Gasteiger partial charge < -0.3 is 5.32 Å². The second kappa shape index (κ2) is 6.72. The van der Waals surface area contributed by atoms with Gasteiger partial charge in [0.25, 0.3) is 0 Å². The van der Waals surface area contributed by atoms with Crippen LogP contribution >= 0.6 is 27.3 Å². The molecule has 1 aromatic heterocycles. The summed E-state index contributed by atoms with van der Waals surface area (Å²) in [5.74, 6) is 0. The number of rotatable bonds is 3. The van der Waals surface area contributed by atoms with E-state index in [2.05, 4.69) is 45.8 Å². The number of hydrogen-bond donors (Lipinski definition) is 1. The summed E-state index contributed by atoms with van der Waals surface area (Å²) in [7, 11) is 2.07. The lowest BCUT2D eigenvalue weighted by atomic mass is 9.92. The average Bonchev–Trinajstić information content (AvgIpc) is 2.68. The molecule has 0 saturated carbocycles. The van der Waals surface area contributed by atoms with Crippen LogP contribution in [0.4, 0.5) is 0 Å². The van der Waals surface area contributed by atoms with E-state index in [1.54, 1.807) is 16.9 Å². The summed E-state index contributed by atoms with van der Waals surface area (Å²) in [5.41, 5.74) is 2.98. The molecule has 94 valence electrons. The largest absolute Gasteiger partial charge is 0.310 e. The third-order valence-electron chi connectivity index (χ3n) is 3.41. The predicted octanol–water partition coefficient (Wildman–Crippen LogP) is 5.05. The molecule has 3 heteroatoms. The number of likely N-dealkylation sites (N-methyl/N-ethyl adjacent to an activating group) is 1. The molecule has 1 N–H and O–H groups in total. The van der Waals surface area contributed by atoms with Crippen LogP contribution in [0.3, 0.4) is 0 Å². The highest BCUT2D eigenvalue weighted by Gasteiger charge is 2.16.